The van der Waals surface area contributed by atoms with E-state index in [-0.39, 0.29) is 19.4 Å². The zero-order valence-electron chi connectivity index (χ0n) is 34.2. The fourth-order valence-corrected chi connectivity index (χ4v) is 7.05. The van der Waals surface area contributed by atoms with Gasteiger partial charge in [-0.05, 0) is 24.7 Å². The number of phosphoric acid groups is 2. The van der Waals surface area contributed by atoms with E-state index in [9.17, 15) is 28.7 Å². The van der Waals surface area contributed by atoms with E-state index in [0.717, 1.165) is 50.4 Å². The van der Waals surface area contributed by atoms with E-state index in [4.69, 9.17) is 23.8 Å². The van der Waals surface area contributed by atoms with Crippen LogP contribution < -0.4 is 0 Å². The molecule has 0 heterocycles. The maximum atomic E-state index is 12.6. The summed E-state index contributed by atoms with van der Waals surface area (Å²) in [5.41, 5.74) is 0. The van der Waals surface area contributed by atoms with Gasteiger partial charge >= 0.3 is 27.6 Å². The van der Waals surface area contributed by atoms with Gasteiger partial charge in [-0.2, -0.15) is 0 Å². The number of rotatable bonds is 39. The van der Waals surface area contributed by atoms with Crippen LogP contribution in [0.2, 0.25) is 0 Å². The molecule has 0 aromatic heterocycles. The second kappa shape index (κ2) is 34.2. The fraction of sp³-hybridized carbons (Fsp3) is 0.949. The minimum absolute atomic E-state index is 0.137. The van der Waals surface area contributed by atoms with Crippen molar-refractivity contribution < 1.29 is 61.6 Å². The lowest BCUT2D eigenvalue weighted by molar-refractivity contribution is -0.161. The quantitative estimate of drug-likeness (QED) is 0.0260. The van der Waals surface area contributed by atoms with E-state index in [1.54, 1.807) is 0 Å². The molecule has 15 heteroatoms. The number of esters is 2. The molecule has 0 aliphatic rings. The van der Waals surface area contributed by atoms with Gasteiger partial charge in [0.05, 0.1) is 19.8 Å². The molecule has 4 N–H and O–H groups in total. The third kappa shape index (κ3) is 39.4. The smallest absolute Gasteiger partial charge is 0.462 e. The highest BCUT2D eigenvalue weighted by Gasteiger charge is 2.28. The van der Waals surface area contributed by atoms with Gasteiger partial charge in [-0.3, -0.25) is 23.2 Å². The lowest BCUT2D eigenvalue weighted by atomic mass is 10.0. The lowest BCUT2D eigenvalue weighted by Crippen LogP contribution is -2.30. The van der Waals surface area contributed by atoms with Gasteiger partial charge in [-0.1, -0.05) is 163 Å². The van der Waals surface area contributed by atoms with Crippen molar-refractivity contribution in [3.63, 3.8) is 0 Å². The van der Waals surface area contributed by atoms with Crippen LogP contribution in [-0.4, -0.2) is 70.4 Å². The third-order valence-electron chi connectivity index (χ3n) is 9.09. The van der Waals surface area contributed by atoms with Crippen LogP contribution in [0.15, 0.2) is 0 Å². The molecule has 54 heavy (non-hydrogen) atoms. The molecule has 0 aromatic carbocycles. The number of ether oxygens (including phenoxy) is 2. The predicted molar refractivity (Wildman–Crippen MR) is 212 cm³/mol. The van der Waals surface area contributed by atoms with E-state index in [2.05, 4.69) is 36.7 Å². The molecule has 0 saturated carbocycles. The first-order chi connectivity index (χ1) is 25.6. The molecule has 0 amide bonds. The number of hydrogen-bond donors (Lipinski definition) is 4. The van der Waals surface area contributed by atoms with Gasteiger partial charge in [0.25, 0.3) is 0 Å². The van der Waals surface area contributed by atoms with Gasteiger partial charge in [0.1, 0.15) is 12.7 Å². The number of carbonyl (C=O) groups is 2. The van der Waals surface area contributed by atoms with Crippen LogP contribution in [0.5, 0.6) is 0 Å². The van der Waals surface area contributed by atoms with Gasteiger partial charge in [-0.15, -0.1) is 0 Å². The largest absolute Gasteiger partial charge is 0.472 e. The second-order valence-corrected chi connectivity index (χ2v) is 18.3. The Hall–Kier alpha value is -0.880. The SMILES string of the molecule is CC(C)CCCCCCCCCCCCCCCCC(=O)O[C@H](COC(=O)CCCCCCCCCC(C)C)COP(=O)(O)OC[C@@H](O)COP(=O)(O)O. The van der Waals surface area contributed by atoms with Crippen molar-refractivity contribution in [3.05, 3.63) is 0 Å². The Morgan fingerprint density at radius 1 is 0.481 bits per heavy atom. The molecule has 0 radical (unpaired) electrons. The summed E-state index contributed by atoms with van der Waals surface area (Å²) >= 11 is 0. The average molecular weight is 817 g/mol. The van der Waals surface area contributed by atoms with E-state index < -0.39 is 59.6 Å². The van der Waals surface area contributed by atoms with Crippen molar-refractivity contribution in [1.82, 2.24) is 0 Å². The summed E-state index contributed by atoms with van der Waals surface area (Å²) in [6.07, 6.45) is 24.2. The average Bonchev–Trinajstić information content (AvgIpc) is 3.09. The van der Waals surface area contributed by atoms with Crippen LogP contribution in [0.1, 0.15) is 188 Å². The van der Waals surface area contributed by atoms with Crippen LogP contribution in [-0.2, 0) is 41.8 Å². The standard InChI is InChI=1S/C39H78O13P2/c1-34(2)26-22-18-14-11-9-7-5-6-8-10-12-16-21-25-29-39(42)52-37(33-51-54(46,47)50-31-36(40)30-49-53(43,44)45)32-48-38(41)28-24-20-17-13-15-19-23-27-35(3)4/h34-37,40H,5-33H2,1-4H3,(H,46,47)(H2,43,44,45)/t36-,37+/m0/s1. The van der Waals surface area contributed by atoms with Crippen molar-refractivity contribution in [1.29, 1.82) is 0 Å². The number of carbonyl (C=O) groups excluding carboxylic acids is 2. The van der Waals surface area contributed by atoms with Gasteiger partial charge in [0, 0.05) is 12.8 Å². The summed E-state index contributed by atoms with van der Waals surface area (Å²) in [6, 6.07) is 0. The molecule has 0 bridgehead atoms. The van der Waals surface area contributed by atoms with Crippen LogP contribution in [0.25, 0.3) is 0 Å². The Morgan fingerprint density at radius 3 is 1.24 bits per heavy atom. The summed E-state index contributed by atoms with van der Waals surface area (Å²) < 4.78 is 47.7. The van der Waals surface area contributed by atoms with Crippen LogP contribution >= 0.6 is 15.6 Å². The molecular formula is C39H78O13P2. The van der Waals surface area contributed by atoms with E-state index in [1.807, 2.05) is 0 Å². The summed E-state index contributed by atoms with van der Waals surface area (Å²) in [7, 11) is -9.65. The van der Waals surface area contributed by atoms with Gasteiger partial charge in [0.15, 0.2) is 6.10 Å². The highest BCUT2D eigenvalue weighted by molar-refractivity contribution is 7.47. The molecule has 0 rings (SSSR count). The Kier molecular flexibility index (Phi) is 33.6. The first-order valence-corrected chi connectivity index (χ1v) is 24.0. The Bertz CT molecular complexity index is 1010. The van der Waals surface area contributed by atoms with Crippen molar-refractivity contribution in [2.24, 2.45) is 11.8 Å². The summed E-state index contributed by atoms with van der Waals surface area (Å²) in [6.45, 7) is 6.35. The van der Waals surface area contributed by atoms with Crippen molar-refractivity contribution in [2.75, 3.05) is 26.4 Å². The summed E-state index contributed by atoms with van der Waals surface area (Å²) in [5.74, 6) is 0.512. The molecule has 322 valence electrons. The molecule has 0 spiro atoms. The first kappa shape index (κ1) is 53.1. The normalized spacial score (nSPS) is 14.3. The summed E-state index contributed by atoms with van der Waals surface area (Å²) in [5, 5.41) is 9.72. The molecule has 0 fully saturated rings. The van der Waals surface area contributed by atoms with E-state index in [1.165, 1.54) is 96.3 Å². The minimum atomic E-state index is -4.85. The van der Waals surface area contributed by atoms with Crippen LogP contribution in [0.4, 0.5) is 0 Å². The Balaban J connectivity index is 4.47. The van der Waals surface area contributed by atoms with Gasteiger partial charge < -0.3 is 29.3 Å². The lowest BCUT2D eigenvalue weighted by Gasteiger charge is -2.20. The Morgan fingerprint density at radius 2 is 0.833 bits per heavy atom. The number of aliphatic hydroxyl groups is 1. The zero-order valence-corrected chi connectivity index (χ0v) is 36.0. The Labute approximate surface area is 327 Å². The predicted octanol–water partition coefficient (Wildman–Crippen LogP) is 10.1. The molecule has 0 saturated heterocycles. The fourth-order valence-electron chi connectivity index (χ4n) is 5.89. The molecular weight excluding hydrogens is 738 g/mol. The highest BCUT2D eigenvalue weighted by atomic mass is 31.2. The molecule has 1 unspecified atom stereocenters. The number of unbranched alkanes of at least 4 members (excludes halogenated alkanes) is 19. The van der Waals surface area contributed by atoms with Gasteiger partial charge in [-0.25, -0.2) is 9.13 Å². The van der Waals surface area contributed by atoms with Crippen molar-refractivity contribution in [2.45, 2.75) is 200 Å². The van der Waals surface area contributed by atoms with Crippen LogP contribution in [0, 0.1) is 11.8 Å². The summed E-state index contributed by atoms with van der Waals surface area (Å²) in [4.78, 5) is 52.5. The van der Waals surface area contributed by atoms with Gasteiger partial charge in [0.2, 0.25) is 0 Å². The monoisotopic (exact) mass is 816 g/mol. The van der Waals surface area contributed by atoms with Crippen LogP contribution in [0.3, 0.4) is 0 Å². The van der Waals surface area contributed by atoms with Crippen molar-refractivity contribution >= 4 is 27.6 Å². The molecule has 13 nitrogen and oxygen atoms in total. The van der Waals surface area contributed by atoms with E-state index >= 15 is 0 Å². The topological polar surface area (TPSA) is 195 Å². The minimum Gasteiger partial charge on any atom is -0.462 e. The maximum Gasteiger partial charge on any atom is 0.472 e. The maximum absolute atomic E-state index is 12.6. The third-order valence-corrected chi connectivity index (χ3v) is 10.5. The zero-order chi connectivity index (χ0) is 40.5. The number of phosphoric ester groups is 2. The first-order valence-electron chi connectivity index (χ1n) is 20.9. The van der Waals surface area contributed by atoms with Crippen molar-refractivity contribution in [3.8, 4) is 0 Å². The number of aliphatic hydroxyl groups excluding tert-OH is 1. The highest BCUT2D eigenvalue weighted by Crippen LogP contribution is 2.43. The van der Waals surface area contributed by atoms with E-state index in [0.29, 0.717) is 12.8 Å². The second-order valence-electron chi connectivity index (χ2n) is 15.6. The molecule has 3 atom stereocenters. The molecule has 0 aliphatic carbocycles. The molecule has 0 aliphatic heterocycles. The molecule has 0 aromatic rings. The number of hydrogen-bond acceptors (Lipinski definition) is 10.